The molecule has 0 aliphatic carbocycles. The van der Waals surface area contributed by atoms with Gasteiger partial charge in [-0.05, 0) is 30.5 Å². The molecule has 3 aromatic rings. The van der Waals surface area contributed by atoms with Crippen molar-refractivity contribution in [1.82, 2.24) is 24.6 Å². The van der Waals surface area contributed by atoms with Gasteiger partial charge in [0, 0.05) is 43.3 Å². The normalized spacial score (nSPS) is 11.0. The predicted octanol–water partition coefficient (Wildman–Crippen LogP) is 4.40. The Morgan fingerprint density at radius 3 is 2.50 bits per heavy atom. The highest BCUT2D eigenvalue weighted by atomic mass is 35.5. The number of benzene rings is 1. The molecule has 0 aliphatic rings. The molecular formula is C19H25Cl2N5. The van der Waals surface area contributed by atoms with Crippen molar-refractivity contribution in [3.63, 3.8) is 0 Å². The Morgan fingerprint density at radius 1 is 1.15 bits per heavy atom. The fraction of sp³-hybridized carbons (Fsp3) is 0.368. The van der Waals surface area contributed by atoms with E-state index in [1.807, 2.05) is 22.4 Å². The van der Waals surface area contributed by atoms with E-state index in [1.54, 1.807) is 12.5 Å². The summed E-state index contributed by atoms with van der Waals surface area (Å²) in [5.74, 6) is 0.520. The van der Waals surface area contributed by atoms with E-state index >= 15 is 0 Å². The summed E-state index contributed by atoms with van der Waals surface area (Å²) in [6.07, 6.45) is 5.51. The molecule has 5 nitrogen and oxygen atoms in total. The molecule has 0 radical (unpaired) electrons. The quantitative estimate of drug-likeness (QED) is 0.646. The molecule has 0 aliphatic heterocycles. The van der Waals surface area contributed by atoms with Crippen molar-refractivity contribution in [3.05, 3.63) is 65.0 Å². The van der Waals surface area contributed by atoms with Crippen LogP contribution in [0, 0.1) is 12.8 Å². The summed E-state index contributed by atoms with van der Waals surface area (Å²) in [6.45, 7) is 8.69. The van der Waals surface area contributed by atoms with Crippen LogP contribution in [-0.2, 0) is 19.6 Å². The van der Waals surface area contributed by atoms with E-state index in [4.69, 9.17) is 11.6 Å². The van der Waals surface area contributed by atoms with E-state index in [9.17, 15) is 0 Å². The van der Waals surface area contributed by atoms with Crippen molar-refractivity contribution in [3.8, 4) is 5.69 Å². The molecule has 7 heteroatoms. The molecule has 2 aromatic heterocycles. The van der Waals surface area contributed by atoms with Crippen LogP contribution in [-0.4, -0.2) is 19.3 Å². The minimum Gasteiger partial charge on any atom is -0.308 e. The zero-order valence-corrected chi connectivity index (χ0v) is 16.9. The maximum absolute atomic E-state index is 6.49. The highest BCUT2D eigenvalue weighted by molar-refractivity contribution is 6.30. The van der Waals surface area contributed by atoms with Crippen LogP contribution in [0.2, 0.25) is 5.15 Å². The number of rotatable bonds is 7. The average Bonchev–Trinajstić information content (AvgIpc) is 3.19. The number of nitrogens with one attached hydrogen (secondary N) is 1. The summed E-state index contributed by atoms with van der Waals surface area (Å²) in [4.78, 5) is 4.07. The predicted molar refractivity (Wildman–Crippen MR) is 108 cm³/mol. The Hall–Kier alpha value is -1.82. The minimum absolute atomic E-state index is 0. The lowest BCUT2D eigenvalue weighted by molar-refractivity contribution is 0.481. The first kappa shape index (κ1) is 20.5. The van der Waals surface area contributed by atoms with E-state index in [0.717, 1.165) is 35.2 Å². The number of nitrogens with zero attached hydrogens (tertiary/aromatic N) is 4. The first-order chi connectivity index (χ1) is 12.0. The molecule has 1 aromatic carbocycles. The average molecular weight is 394 g/mol. The molecule has 0 unspecified atom stereocenters. The van der Waals surface area contributed by atoms with Crippen LogP contribution < -0.4 is 5.32 Å². The zero-order valence-electron chi connectivity index (χ0n) is 15.3. The first-order valence-corrected chi connectivity index (χ1v) is 8.92. The van der Waals surface area contributed by atoms with Crippen LogP contribution in [0.5, 0.6) is 0 Å². The van der Waals surface area contributed by atoms with Gasteiger partial charge in [-0.25, -0.2) is 4.98 Å². The molecule has 0 atom stereocenters. The number of halogens is 2. The van der Waals surface area contributed by atoms with Gasteiger partial charge in [-0.1, -0.05) is 37.6 Å². The Morgan fingerprint density at radius 2 is 1.88 bits per heavy atom. The van der Waals surface area contributed by atoms with Crippen molar-refractivity contribution >= 4 is 24.0 Å². The van der Waals surface area contributed by atoms with Gasteiger partial charge in [0.2, 0.25) is 0 Å². The molecule has 3 rings (SSSR count). The number of imidazole rings is 1. The fourth-order valence-corrected chi connectivity index (χ4v) is 3.10. The first-order valence-electron chi connectivity index (χ1n) is 8.54. The highest BCUT2D eigenvalue weighted by Crippen LogP contribution is 2.21. The van der Waals surface area contributed by atoms with Crippen molar-refractivity contribution in [2.45, 2.75) is 40.4 Å². The third kappa shape index (κ3) is 4.87. The highest BCUT2D eigenvalue weighted by Gasteiger charge is 2.13. The van der Waals surface area contributed by atoms with Crippen LogP contribution in [0.15, 0.2) is 43.0 Å². The van der Waals surface area contributed by atoms with Gasteiger partial charge in [-0.2, -0.15) is 5.10 Å². The molecule has 0 saturated heterocycles. The van der Waals surface area contributed by atoms with Gasteiger partial charge in [-0.15, -0.1) is 12.4 Å². The van der Waals surface area contributed by atoms with E-state index in [1.165, 1.54) is 5.56 Å². The molecule has 0 saturated carbocycles. The monoisotopic (exact) mass is 393 g/mol. The Labute approximate surface area is 165 Å². The molecule has 0 spiro atoms. The number of hydrogen-bond donors (Lipinski definition) is 1. The summed E-state index contributed by atoms with van der Waals surface area (Å²) in [7, 11) is 0. The third-order valence-corrected chi connectivity index (χ3v) is 4.51. The van der Waals surface area contributed by atoms with Crippen molar-refractivity contribution in [2.24, 2.45) is 5.92 Å². The molecule has 0 amide bonds. The Kier molecular flexibility index (Phi) is 7.26. The van der Waals surface area contributed by atoms with E-state index in [2.05, 4.69) is 53.5 Å². The summed E-state index contributed by atoms with van der Waals surface area (Å²) in [5, 5.41) is 8.76. The minimum atomic E-state index is 0. The van der Waals surface area contributed by atoms with Crippen LogP contribution in [0.4, 0.5) is 0 Å². The second kappa shape index (κ2) is 9.21. The Bertz CT molecular complexity index is 807. The lowest BCUT2D eigenvalue weighted by Gasteiger charge is -2.08. The van der Waals surface area contributed by atoms with Gasteiger partial charge in [-0.3, -0.25) is 4.68 Å². The lowest BCUT2D eigenvalue weighted by Crippen LogP contribution is -2.13. The summed E-state index contributed by atoms with van der Waals surface area (Å²) >= 11 is 6.49. The lowest BCUT2D eigenvalue weighted by atomic mass is 10.2. The van der Waals surface area contributed by atoms with Crippen LogP contribution in [0.1, 0.15) is 30.7 Å². The summed E-state index contributed by atoms with van der Waals surface area (Å²) < 4.78 is 3.89. The second-order valence-electron chi connectivity index (χ2n) is 6.67. The van der Waals surface area contributed by atoms with Crippen molar-refractivity contribution in [2.75, 3.05) is 0 Å². The molecule has 2 heterocycles. The SMILES string of the molecule is Cc1nn(CC(C)C)c(Cl)c1CNCc1ccc(-n2ccnc2)cc1.Cl. The van der Waals surface area contributed by atoms with Gasteiger partial charge >= 0.3 is 0 Å². The van der Waals surface area contributed by atoms with Crippen molar-refractivity contribution < 1.29 is 0 Å². The standard InChI is InChI=1S/C19H24ClN5.ClH/c1-14(2)12-25-19(20)18(15(3)23-25)11-22-10-16-4-6-17(7-5-16)24-9-8-21-13-24;/h4-9,13-14,22H,10-12H2,1-3H3;1H. The number of aromatic nitrogens is 4. The zero-order chi connectivity index (χ0) is 17.8. The summed E-state index contributed by atoms with van der Waals surface area (Å²) in [5.41, 5.74) is 4.41. The van der Waals surface area contributed by atoms with E-state index in [-0.39, 0.29) is 12.4 Å². The number of hydrogen-bond acceptors (Lipinski definition) is 3. The van der Waals surface area contributed by atoms with Crippen LogP contribution >= 0.6 is 24.0 Å². The molecule has 0 fully saturated rings. The number of aryl methyl sites for hydroxylation is 1. The molecular weight excluding hydrogens is 369 g/mol. The maximum Gasteiger partial charge on any atom is 0.131 e. The molecule has 0 bridgehead atoms. The topological polar surface area (TPSA) is 47.7 Å². The van der Waals surface area contributed by atoms with Crippen molar-refractivity contribution in [1.29, 1.82) is 0 Å². The van der Waals surface area contributed by atoms with Gasteiger partial charge in [0.25, 0.3) is 0 Å². The fourth-order valence-electron chi connectivity index (χ4n) is 2.79. The van der Waals surface area contributed by atoms with Crippen LogP contribution in [0.25, 0.3) is 5.69 Å². The van der Waals surface area contributed by atoms with Gasteiger partial charge in [0.05, 0.1) is 12.0 Å². The smallest absolute Gasteiger partial charge is 0.131 e. The molecule has 1 N–H and O–H groups in total. The maximum atomic E-state index is 6.49. The van der Waals surface area contributed by atoms with E-state index < -0.39 is 0 Å². The van der Waals surface area contributed by atoms with Gasteiger partial charge in [0.1, 0.15) is 5.15 Å². The molecule has 26 heavy (non-hydrogen) atoms. The van der Waals surface area contributed by atoms with Gasteiger partial charge in [0.15, 0.2) is 0 Å². The summed E-state index contributed by atoms with van der Waals surface area (Å²) in [6, 6.07) is 8.44. The third-order valence-electron chi connectivity index (χ3n) is 4.09. The largest absolute Gasteiger partial charge is 0.308 e. The van der Waals surface area contributed by atoms with E-state index in [0.29, 0.717) is 12.5 Å². The second-order valence-corrected chi connectivity index (χ2v) is 7.03. The Balaban J connectivity index is 0.00000243. The van der Waals surface area contributed by atoms with Gasteiger partial charge < -0.3 is 9.88 Å². The molecule has 140 valence electrons. The van der Waals surface area contributed by atoms with Crippen LogP contribution in [0.3, 0.4) is 0 Å².